The highest BCUT2D eigenvalue weighted by molar-refractivity contribution is 8.00. The summed E-state index contributed by atoms with van der Waals surface area (Å²) in [7, 11) is -3.92. The molecule has 0 aliphatic carbocycles. The Kier molecular flexibility index (Phi) is 6.14. The normalized spacial score (nSPS) is 11.8. The first-order valence-corrected chi connectivity index (χ1v) is 10.5. The summed E-state index contributed by atoms with van der Waals surface area (Å²) in [5.74, 6) is 0. The van der Waals surface area contributed by atoms with E-state index in [1.54, 1.807) is 42.1 Å². The number of sulfonamides is 1. The van der Waals surface area contributed by atoms with E-state index in [9.17, 15) is 18.5 Å². The van der Waals surface area contributed by atoms with Crippen LogP contribution in [0, 0.1) is 10.1 Å². The van der Waals surface area contributed by atoms with Crippen molar-refractivity contribution in [1.29, 1.82) is 0 Å². The molecule has 2 rings (SSSR count). The van der Waals surface area contributed by atoms with Gasteiger partial charge in [-0.3, -0.25) is 14.8 Å². The Morgan fingerprint density at radius 2 is 1.81 bits per heavy atom. The Hall–Kier alpha value is -2.26. The van der Waals surface area contributed by atoms with E-state index in [0.29, 0.717) is 12.2 Å². The molecule has 0 spiro atoms. The molecular formula is C17H21N3O4S2. The van der Waals surface area contributed by atoms with Crippen LogP contribution in [-0.2, 0) is 10.0 Å². The average molecular weight is 396 g/mol. The highest BCUT2D eigenvalue weighted by Crippen LogP contribution is 2.30. The van der Waals surface area contributed by atoms with Crippen molar-refractivity contribution in [3.8, 4) is 0 Å². The number of benzene rings is 2. The molecule has 0 saturated carbocycles. The molecule has 0 fully saturated rings. The zero-order chi connectivity index (χ0) is 19.4. The van der Waals surface area contributed by atoms with Gasteiger partial charge in [0.15, 0.2) is 0 Å². The van der Waals surface area contributed by atoms with Crippen LogP contribution in [0.3, 0.4) is 0 Å². The number of nitrogens with zero attached hydrogens (tertiary/aromatic N) is 1. The lowest BCUT2D eigenvalue weighted by molar-refractivity contribution is -0.384. The van der Waals surface area contributed by atoms with E-state index in [1.165, 1.54) is 12.1 Å². The summed E-state index contributed by atoms with van der Waals surface area (Å²) in [6.45, 7) is 4.53. The standard InChI is InChI=1S/C17H21N3O4S2/c1-17(2,25-3)12-18-15-10-9-14(11-16(15)20(21)22)26(23,24)19-13-7-5-4-6-8-13/h4-11,18-19H,12H2,1-3H3. The van der Waals surface area contributed by atoms with Gasteiger partial charge in [-0.05, 0) is 44.4 Å². The number of anilines is 2. The van der Waals surface area contributed by atoms with Crippen molar-refractivity contribution >= 4 is 38.8 Å². The summed E-state index contributed by atoms with van der Waals surface area (Å²) < 4.78 is 27.3. The first-order chi connectivity index (χ1) is 12.1. The van der Waals surface area contributed by atoms with E-state index in [0.717, 1.165) is 6.07 Å². The third-order valence-corrected chi connectivity index (χ3v) is 6.39. The SMILES string of the molecule is CSC(C)(C)CNc1ccc(S(=O)(=O)Nc2ccccc2)cc1[N+](=O)[O-]. The lowest BCUT2D eigenvalue weighted by Crippen LogP contribution is -2.26. The first kappa shape index (κ1) is 20.1. The zero-order valence-corrected chi connectivity index (χ0v) is 16.4. The fourth-order valence-electron chi connectivity index (χ4n) is 2.08. The molecule has 0 saturated heterocycles. The predicted molar refractivity (Wildman–Crippen MR) is 106 cm³/mol. The molecule has 2 aromatic carbocycles. The summed E-state index contributed by atoms with van der Waals surface area (Å²) in [6, 6.07) is 12.2. The van der Waals surface area contributed by atoms with E-state index < -0.39 is 14.9 Å². The fraction of sp³-hybridized carbons (Fsp3) is 0.294. The highest BCUT2D eigenvalue weighted by Gasteiger charge is 2.23. The van der Waals surface area contributed by atoms with Crippen LogP contribution in [0.5, 0.6) is 0 Å². The molecule has 2 aromatic rings. The van der Waals surface area contributed by atoms with Crippen LogP contribution in [0.4, 0.5) is 17.1 Å². The number of hydrogen-bond acceptors (Lipinski definition) is 6. The van der Waals surface area contributed by atoms with Gasteiger partial charge in [0.1, 0.15) is 5.69 Å². The molecule has 0 amide bonds. The van der Waals surface area contributed by atoms with E-state index in [4.69, 9.17) is 0 Å². The predicted octanol–water partition coefficient (Wildman–Crippen LogP) is 3.95. The molecule has 0 aliphatic rings. The van der Waals surface area contributed by atoms with Crippen molar-refractivity contribution in [2.75, 3.05) is 22.8 Å². The van der Waals surface area contributed by atoms with Crippen molar-refractivity contribution in [2.45, 2.75) is 23.5 Å². The molecule has 0 atom stereocenters. The van der Waals surface area contributed by atoms with Gasteiger partial charge in [-0.1, -0.05) is 18.2 Å². The van der Waals surface area contributed by atoms with Crippen molar-refractivity contribution in [1.82, 2.24) is 0 Å². The minimum absolute atomic E-state index is 0.118. The van der Waals surface area contributed by atoms with Gasteiger partial charge in [-0.2, -0.15) is 11.8 Å². The summed E-state index contributed by atoms with van der Waals surface area (Å²) in [6.07, 6.45) is 1.96. The fourth-order valence-corrected chi connectivity index (χ4v) is 3.37. The second-order valence-corrected chi connectivity index (χ2v) is 9.42. The zero-order valence-electron chi connectivity index (χ0n) is 14.7. The smallest absolute Gasteiger partial charge is 0.293 e. The molecule has 7 nitrogen and oxygen atoms in total. The van der Waals surface area contributed by atoms with Gasteiger partial charge in [0, 0.05) is 23.0 Å². The van der Waals surface area contributed by atoms with Crippen molar-refractivity contribution in [3.63, 3.8) is 0 Å². The Morgan fingerprint density at radius 3 is 2.38 bits per heavy atom. The minimum atomic E-state index is -3.92. The number of nitro benzene ring substituents is 1. The van der Waals surface area contributed by atoms with Gasteiger partial charge in [-0.25, -0.2) is 8.42 Å². The largest absolute Gasteiger partial charge is 0.378 e. The average Bonchev–Trinajstić information content (AvgIpc) is 2.60. The third kappa shape index (κ3) is 5.12. The van der Waals surface area contributed by atoms with E-state index in [1.807, 2.05) is 20.1 Å². The lowest BCUT2D eigenvalue weighted by atomic mass is 10.2. The summed E-state index contributed by atoms with van der Waals surface area (Å²) in [5, 5.41) is 14.4. The van der Waals surface area contributed by atoms with Crippen LogP contribution in [-0.4, -0.2) is 30.9 Å². The second-order valence-electron chi connectivity index (χ2n) is 6.22. The number of thioether (sulfide) groups is 1. The van der Waals surface area contributed by atoms with Gasteiger partial charge in [0.2, 0.25) is 0 Å². The van der Waals surface area contributed by atoms with Crippen LogP contribution < -0.4 is 10.0 Å². The van der Waals surface area contributed by atoms with E-state index in [-0.39, 0.29) is 21.0 Å². The molecule has 0 aliphatic heterocycles. The third-order valence-electron chi connectivity index (χ3n) is 3.76. The molecule has 0 unspecified atom stereocenters. The number of para-hydroxylation sites is 1. The van der Waals surface area contributed by atoms with E-state index in [2.05, 4.69) is 10.0 Å². The van der Waals surface area contributed by atoms with Crippen molar-refractivity contribution in [3.05, 3.63) is 58.6 Å². The topological polar surface area (TPSA) is 101 Å². The quantitative estimate of drug-likeness (QED) is 0.518. The van der Waals surface area contributed by atoms with Crippen LogP contribution in [0.2, 0.25) is 0 Å². The number of hydrogen-bond donors (Lipinski definition) is 2. The molecular weight excluding hydrogens is 374 g/mol. The van der Waals surface area contributed by atoms with Crippen LogP contribution in [0.15, 0.2) is 53.4 Å². The Bertz CT molecular complexity index is 884. The van der Waals surface area contributed by atoms with Gasteiger partial charge in [0.05, 0.1) is 9.82 Å². The lowest BCUT2D eigenvalue weighted by Gasteiger charge is -2.23. The van der Waals surface area contributed by atoms with Crippen LogP contribution >= 0.6 is 11.8 Å². The highest BCUT2D eigenvalue weighted by atomic mass is 32.2. The van der Waals surface area contributed by atoms with Gasteiger partial charge in [-0.15, -0.1) is 0 Å². The van der Waals surface area contributed by atoms with E-state index >= 15 is 0 Å². The number of nitro groups is 1. The Morgan fingerprint density at radius 1 is 1.15 bits per heavy atom. The molecule has 2 N–H and O–H groups in total. The minimum Gasteiger partial charge on any atom is -0.378 e. The van der Waals surface area contributed by atoms with Crippen LogP contribution in [0.1, 0.15) is 13.8 Å². The van der Waals surface area contributed by atoms with Gasteiger partial charge in [0.25, 0.3) is 15.7 Å². The molecule has 0 bridgehead atoms. The maximum Gasteiger partial charge on any atom is 0.293 e. The van der Waals surface area contributed by atoms with Gasteiger partial charge < -0.3 is 5.32 Å². The summed E-state index contributed by atoms with van der Waals surface area (Å²) in [4.78, 5) is 10.6. The Labute approximate surface area is 157 Å². The molecule has 0 radical (unpaired) electrons. The number of nitrogens with one attached hydrogen (secondary N) is 2. The second kappa shape index (κ2) is 7.96. The first-order valence-electron chi connectivity index (χ1n) is 7.80. The summed E-state index contributed by atoms with van der Waals surface area (Å²) in [5.41, 5.74) is 0.396. The maximum atomic E-state index is 12.5. The maximum absolute atomic E-state index is 12.5. The number of rotatable bonds is 8. The van der Waals surface area contributed by atoms with Crippen molar-refractivity contribution in [2.24, 2.45) is 0 Å². The molecule has 9 heteroatoms. The molecule has 26 heavy (non-hydrogen) atoms. The Balaban J connectivity index is 2.31. The van der Waals surface area contributed by atoms with Crippen LogP contribution in [0.25, 0.3) is 0 Å². The van der Waals surface area contributed by atoms with Crippen molar-refractivity contribution < 1.29 is 13.3 Å². The molecule has 0 heterocycles. The van der Waals surface area contributed by atoms with Gasteiger partial charge >= 0.3 is 0 Å². The monoisotopic (exact) mass is 395 g/mol. The summed E-state index contributed by atoms with van der Waals surface area (Å²) >= 11 is 1.63. The molecule has 140 valence electrons. The molecule has 0 aromatic heterocycles.